The number of benzene rings is 2. The summed E-state index contributed by atoms with van der Waals surface area (Å²) in [7, 11) is 1.59. The van der Waals surface area contributed by atoms with Gasteiger partial charge in [0.2, 0.25) is 0 Å². The van der Waals surface area contributed by atoms with E-state index in [0.29, 0.717) is 24.2 Å². The summed E-state index contributed by atoms with van der Waals surface area (Å²) < 4.78 is 10.9. The largest absolute Gasteiger partial charge is 0.496 e. The number of methoxy groups -OCH3 is 1. The second-order valence-electron chi connectivity index (χ2n) is 6.27. The SMILES string of the molecule is COc1ccccc1/C=C(\C(=O)O[C@@H]1CCCCC1=O)c1ccccc1. The Morgan fingerprint density at radius 3 is 2.50 bits per heavy atom. The lowest BCUT2D eigenvalue weighted by Crippen LogP contribution is -2.30. The lowest BCUT2D eigenvalue weighted by molar-refractivity contribution is -0.151. The molecule has 0 amide bonds. The summed E-state index contributed by atoms with van der Waals surface area (Å²) in [6.45, 7) is 0. The highest BCUT2D eigenvalue weighted by Crippen LogP contribution is 2.27. The van der Waals surface area contributed by atoms with Gasteiger partial charge in [0, 0.05) is 12.0 Å². The fourth-order valence-electron chi connectivity index (χ4n) is 3.09. The van der Waals surface area contributed by atoms with E-state index < -0.39 is 12.1 Å². The molecule has 1 aliphatic rings. The number of hydrogen-bond donors (Lipinski definition) is 0. The molecule has 2 aromatic carbocycles. The van der Waals surface area contributed by atoms with Crippen LogP contribution in [0.5, 0.6) is 5.75 Å². The topological polar surface area (TPSA) is 52.6 Å². The van der Waals surface area contributed by atoms with Gasteiger partial charge in [0.25, 0.3) is 0 Å². The molecule has 0 saturated heterocycles. The number of Topliss-reactive ketones (excluding diaryl/α,β-unsaturated/α-hetero) is 1. The molecule has 0 aromatic heterocycles. The highest BCUT2D eigenvalue weighted by Gasteiger charge is 2.27. The van der Waals surface area contributed by atoms with Gasteiger partial charge in [-0.15, -0.1) is 0 Å². The second kappa shape index (κ2) is 8.48. The van der Waals surface area contributed by atoms with Crippen LogP contribution in [-0.2, 0) is 14.3 Å². The average Bonchev–Trinajstić information content (AvgIpc) is 2.68. The molecule has 0 spiro atoms. The van der Waals surface area contributed by atoms with E-state index in [4.69, 9.17) is 9.47 Å². The van der Waals surface area contributed by atoms with E-state index in [9.17, 15) is 9.59 Å². The number of esters is 1. The molecule has 1 fully saturated rings. The monoisotopic (exact) mass is 350 g/mol. The van der Waals surface area contributed by atoms with Crippen molar-refractivity contribution in [3.8, 4) is 5.75 Å². The van der Waals surface area contributed by atoms with Crippen molar-refractivity contribution in [3.05, 3.63) is 65.7 Å². The highest BCUT2D eigenvalue weighted by molar-refractivity contribution is 6.22. The minimum atomic E-state index is -0.638. The Bertz CT molecular complexity index is 808. The summed E-state index contributed by atoms with van der Waals surface area (Å²) in [5, 5.41) is 0. The van der Waals surface area contributed by atoms with E-state index in [0.717, 1.165) is 24.0 Å². The number of hydrogen-bond acceptors (Lipinski definition) is 4. The molecule has 4 heteroatoms. The molecule has 0 N–H and O–H groups in total. The molecular weight excluding hydrogens is 328 g/mol. The summed E-state index contributed by atoms with van der Waals surface area (Å²) in [5.74, 6) is 0.194. The summed E-state index contributed by atoms with van der Waals surface area (Å²) in [6.07, 6.45) is 3.97. The third kappa shape index (κ3) is 4.20. The number of carbonyl (C=O) groups excluding carboxylic acids is 2. The minimum Gasteiger partial charge on any atom is -0.496 e. The van der Waals surface area contributed by atoms with Crippen molar-refractivity contribution >= 4 is 23.4 Å². The van der Waals surface area contributed by atoms with Crippen molar-refractivity contribution in [2.45, 2.75) is 31.8 Å². The van der Waals surface area contributed by atoms with E-state index in [1.807, 2.05) is 54.6 Å². The van der Waals surface area contributed by atoms with Gasteiger partial charge in [0.1, 0.15) is 5.75 Å². The molecule has 1 saturated carbocycles. The number of ether oxygens (including phenoxy) is 2. The maximum atomic E-state index is 12.9. The van der Waals surface area contributed by atoms with Gasteiger partial charge in [-0.1, -0.05) is 48.5 Å². The number of carbonyl (C=O) groups is 2. The van der Waals surface area contributed by atoms with Crippen molar-refractivity contribution in [2.24, 2.45) is 0 Å². The van der Waals surface area contributed by atoms with Crippen molar-refractivity contribution < 1.29 is 19.1 Å². The first kappa shape index (κ1) is 17.9. The van der Waals surface area contributed by atoms with Gasteiger partial charge in [-0.25, -0.2) is 4.79 Å². The zero-order valence-electron chi connectivity index (χ0n) is 14.8. The number of para-hydroxylation sites is 1. The molecule has 0 bridgehead atoms. The first-order chi connectivity index (χ1) is 12.7. The Morgan fingerprint density at radius 1 is 1.04 bits per heavy atom. The van der Waals surface area contributed by atoms with Crippen LogP contribution >= 0.6 is 0 Å². The summed E-state index contributed by atoms with van der Waals surface area (Å²) >= 11 is 0. The molecule has 0 aliphatic heterocycles. The zero-order valence-corrected chi connectivity index (χ0v) is 14.8. The lowest BCUT2D eigenvalue weighted by Gasteiger charge is -2.21. The Morgan fingerprint density at radius 2 is 1.77 bits per heavy atom. The first-order valence-electron chi connectivity index (χ1n) is 8.83. The average molecular weight is 350 g/mol. The van der Waals surface area contributed by atoms with Gasteiger partial charge >= 0.3 is 5.97 Å². The maximum Gasteiger partial charge on any atom is 0.339 e. The molecular formula is C22H22O4. The molecule has 134 valence electrons. The predicted octanol–water partition coefficient (Wildman–Crippen LogP) is 4.29. The van der Waals surface area contributed by atoms with Gasteiger partial charge < -0.3 is 9.47 Å². The van der Waals surface area contributed by atoms with Crippen LogP contribution in [0.1, 0.15) is 36.8 Å². The molecule has 1 atom stereocenters. The van der Waals surface area contributed by atoms with Crippen LogP contribution in [0.4, 0.5) is 0 Å². The van der Waals surface area contributed by atoms with Crippen molar-refractivity contribution in [1.29, 1.82) is 0 Å². The first-order valence-corrected chi connectivity index (χ1v) is 8.83. The Hall–Kier alpha value is -2.88. The van der Waals surface area contributed by atoms with Gasteiger partial charge in [0.05, 0.1) is 12.7 Å². The molecule has 3 rings (SSSR count). The van der Waals surface area contributed by atoms with Gasteiger partial charge in [0.15, 0.2) is 11.9 Å². The van der Waals surface area contributed by atoms with Crippen LogP contribution in [0.25, 0.3) is 11.6 Å². The van der Waals surface area contributed by atoms with E-state index in [1.165, 1.54) is 0 Å². The Balaban J connectivity index is 1.94. The molecule has 1 aliphatic carbocycles. The highest BCUT2D eigenvalue weighted by atomic mass is 16.5. The van der Waals surface area contributed by atoms with Crippen molar-refractivity contribution in [3.63, 3.8) is 0 Å². The van der Waals surface area contributed by atoms with E-state index in [2.05, 4.69) is 0 Å². The van der Waals surface area contributed by atoms with Gasteiger partial charge in [-0.2, -0.15) is 0 Å². The quantitative estimate of drug-likeness (QED) is 0.458. The zero-order chi connectivity index (χ0) is 18.4. The predicted molar refractivity (Wildman–Crippen MR) is 101 cm³/mol. The third-order valence-corrected chi connectivity index (χ3v) is 4.49. The molecule has 2 aromatic rings. The normalized spacial score (nSPS) is 17.7. The lowest BCUT2D eigenvalue weighted by atomic mass is 9.96. The number of ketones is 1. The Labute approximate surface area is 153 Å². The van der Waals surface area contributed by atoms with E-state index in [-0.39, 0.29) is 5.78 Å². The molecule has 4 nitrogen and oxygen atoms in total. The van der Waals surface area contributed by atoms with Crippen molar-refractivity contribution in [1.82, 2.24) is 0 Å². The standard InChI is InChI=1S/C22H22O4/c1-25-20-13-7-5-11-17(20)15-18(16-9-3-2-4-10-16)22(24)26-21-14-8-6-12-19(21)23/h2-5,7,9-11,13,15,21H,6,8,12,14H2,1H3/b18-15-/t21-/m1/s1. The summed E-state index contributed by atoms with van der Waals surface area (Å²) in [4.78, 5) is 24.9. The van der Waals surface area contributed by atoms with Crippen LogP contribution in [0.3, 0.4) is 0 Å². The molecule has 0 unspecified atom stereocenters. The second-order valence-corrected chi connectivity index (χ2v) is 6.27. The van der Waals surface area contributed by atoms with Crippen LogP contribution in [-0.4, -0.2) is 25.0 Å². The van der Waals surface area contributed by atoms with Crippen molar-refractivity contribution in [2.75, 3.05) is 7.11 Å². The Kier molecular flexibility index (Phi) is 5.84. The minimum absolute atomic E-state index is 0.00861. The summed E-state index contributed by atoms with van der Waals surface area (Å²) in [6, 6.07) is 16.8. The smallest absolute Gasteiger partial charge is 0.339 e. The third-order valence-electron chi connectivity index (χ3n) is 4.49. The number of rotatable bonds is 5. The maximum absolute atomic E-state index is 12.9. The van der Waals surface area contributed by atoms with Crippen LogP contribution in [0.15, 0.2) is 54.6 Å². The molecule has 0 radical (unpaired) electrons. The fraction of sp³-hybridized carbons (Fsp3) is 0.273. The van der Waals surface area contributed by atoms with Gasteiger partial charge in [-0.05, 0) is 37.0 Å². The van der Waals surface area contributed by atoms with Gasteiger partial charge in [-0.3, -0.25) is 4.79 Å². The molecule has 26 heavy (non-hydrogen) atoms. The molecule has 0 heterocycles. The van der Waals surface area contributed by atoms with E-state index >= 15 is 0 Å². The van der Waals surface area contributed by atoms with E-state index in [1.54, 1.807) is 13.2 Å². The summed E-state index contributed by atoms with van der Waals surface area (Å²) in [5.41, 5.74) is 1.93. The van der Waals surface area contributed by atoms with Crippen LogP contribution < -0.4 is 4.74 Å². The van der Waals surface area contributed by atoms with Crippen LogP contribution in [0, 0.1) is 0 Å². The van der Waals surface area contributed by atoms with Crippen LogP contribution in [0.2, 0.25) is 0 Å². The fourth-order valence-corrected chi connectivity index (χ4v) is 3.09.